The Kier molecular flexibility index (Phi) is 8.29. The molecule has 6 nitrogen and oxygen atoms in total. The maximum atomic E-state index is 13.2. The first-order valence-electron chi connectivity index (χ1n) is 11.9. The standard InChI is InChI=1S/C27H34N4O2S/c1-21(2)13-20-34-27-28-25-8-5-4-7-24(25)26(32)31(27)15-6-14-29-16-18-30(19-17-29)22-9-11-23(33-3)12-10-22/h4-5,7-13H,6,14-20H2,1-3H3. The van der Waals surface area contributed by atoms with E-state index in [2.05, 4.69) is 41.9 Å². The molecule has 0 radical (unpaired) electrons. The number of anilines is 1. The average molecular weight is 479 g/mol. The first-order chi connectivity index (χ1) is 16.5. The molecule has 1 aromatic heterocycles. The molecule has 2 aromatic carbocycles. The Labute approximate surface area is 206 Å². The number of ether oxygens (including phenoxy) is 1. The number of hydrogen-bond donors (Lipinski definition) is 0. The predicted octanol–water partition coefficient (Wildman–Crippen LogP) is 4.68. The molecule has 0 atom stereocenters. The maximum absolute atomic E-state index is 13.2. The van der Waals surface area contributed by atoms with Crippen molar-refractivity contribution in [3.05, 3.63) is 70.5 Å². The van der Waals surface area contributed by atoms with Gasteiger partial charge >= 0.3 is 0 Å². The summed E-state index contributed by atoms with van der Waals surface area (Å²) in [6.07, 6.45) is 3.11. The topological polar surface area (TPSA) is 50.6 Å². The van der Waals surface area contributed by atoms with Crippen LogP contribution in [0.15, 0.2) is 70.1 Å². The fourth-order valence-corrected chi connectivity index (χ4v) is 5.27. The highest BCUT2D eigenvalue weighted by Crippen LogP contribution is 2.21. The zero-order chi connectivity index (χ0) is 23.9. The first kappa shape index (κ1) is 24.4. The van der Waals surface area contributed by atoms with Crippen LogP contribution in [0.4, 0.5) is 5.69 Å². The summed E-state index contributed by atoms with van der Waals surface area (Å²) in [4.78, 5) is 23.0. The van der Waals surface area contributed by atoms with Crippen LogP contribution in [0.1, 0.15) is 20.3 Å². The summed E-state index contributed by atoms with van der Waals surface area (Å²) in [6, 6.07) is 15.9. The van der Waals surface area contributed by atoms with Crippen LogP contribution >= 0.6 is 11.8 Å². The van der Waals surface area contributed by atoms with Gasteiger partial charge in [-0.15, -0.1) is 0 Å². The van der Waals surface area contributed by atoms with Gasteiger partial charge in [0.15, 0.2) is 5.16 Å². The van der Waals surface area contributed by atoms with Crippen LogP contribution in [0.5, 0.6) is 5.75 Å². The van der Waals surface area contributed by atoms with Crippen LogP contribution in [-0.4, -0.2) is 60.0 Å². The van der Waals surface area contributed by atoms with Crippen molar-refractivity contribution in [3.63, 3.8) is 0 Å². The minimum absolute atomic E-state index is 0.0645. The number of benzene rings is 2. The summed E-state index contributed by atoms with van der Waals surface area (Å²) in [6.45, 7) is 9.92. The number of nitrogens with zero attached hydrogens (tertiary/aromatic N) is 4. The van der Waals surface area contributed by atoms with Gasteiger partial charge in [0.2, 0.25) is 0 Å². The van der Waals surface area contributed by atoms with E-state index in [-0.39, 0.29) is 5.56 Å². The molecule has 0 amide bonds. The fraction of sp³-hybridized carbons (Fsp3) is 0.407. The van der Waals surface area contributed by atoms with Crippen LogP contribution in [0.2, 0.25) is 0 Å². The SMILES string of the molecule is COc1ccc(N2CCN(CCCn3c(SCC=C(C)C)nc4ccccc4c3=O)CC2)cc1. The van der Waals surface area contributed by atoms with Gasteiger partial charge in [0.25, 0.3) is 5.56 Å². The van der Waals surface area contributed by atoms with Crippen molar-refractivity contribution in [2.75, 3.05) is 50.5 Å². The monoisotopic (exact) mass is 478 g/mol. The predicted molar refractivity (Wildman–Crippen MR) is 142 cm³/mol. The van der Waals surface area contributed by atoms with Crippen molar-refractivity contribution in [1.29, 1.82) is 0 Å². The molecular weight excluding hydrogens is 444 g/mol. The Morgan fingerprint density at radius 2 is 1.76 bits per heavy atom. The number of hydrogen-bond acceptors (Lipinski definition) is 6. The van der Waals surface area contributed by atoms with E-state index in [1.54, 1.807) is 18.9 Å². The molecule has 0 bridgehead atoms. The van der Waals surface area contributed by atoms with Gasteiger partial charge < -0.3 is 9.64 Å². The highest BCUT2D eigenvalue weighted by atomic mass is 32.2. The van der Waals surface area contributed by atoms with E-state index in [0.29, 0.717) is 11.9 Å². The van der Waals surface area contributed by atoms with Crippen molar-refractivity contribution in [1.82, 2.24) is 14.5 Å². The second-order valence-electron chi connectivity index (χ2n) is 8.84. The molecule has 0 unspecified atom stereocenters. The second-order valence-corrected chi connectivity index (χ2v) is 9.83. The van der Waals surface area contributed by atoms with Crippen molar-refractivity contribution < 1.29 is 4.74 Å². The minimum atomic E-state index is 0.0645. The van der Waals surface area contributed by atoms with E-state index in [1.807, 2.05) is 41.0 Å². The summed E-state index contributed by atoms with van der Waals surface area (Å²) in [5.74, 6) is 1.71. The Morgan fingerprint density at radius 1 is 1.03 bits per heavy atom. The lowest BCUT2D eigenvalue weighted by molar-refractivity contribution is 0.249. The van der Waals surface area contributed by atoms with E-state index in [1.165, 1.54) is 11.3 Å². The molecule has 2 heterocycles. The molecule has 180 valence electrons. The van der Waals surface area contributed by atoms with Gasteiger partial charge in [0.1, 0.15) is 5.75 Å². The van der Waals surface area contributed by atoms with Crippen molar-refractivity contribution in [3.8, 4) is 5.75 Å². The summed E-state index contributed by atoms with van der Waals surface area (Å²) in [7, 11) is 1.70. The quantitative estimate of drug-likeness (QED) is 0.253. The number of para-hydroxylation sites is 1. The molecule has 7 heteroatoms. The van der Waals surface area contributed by atoms with Crippen molar-refractivity contribution >= 4 is 28.4 Å². The summed E-state index contributed by atoms with van der Waals surface area (Å²) < 4.78 is 7.14. The van der Waals surface area contributed by atoms with Crippen molar-refractivity contribution in [2.45, 2.75) is 32.0 Å². The molecule has 4 rings (SSSR count). The molecular formula is C27H34N4O2S. The maximum Gasteiger partial charge on any atom is 0.262 e. The lowest BCUT2D eigenvalue weighted by Gasteiger charge is -2.36. The van der Waals surface area contributed by atoms with E-state index in [0.717, 1.165) is 61.3 Å². The fourth-order valence-electron chi connectivity index (χ4n) is 4.21. The van der Waals surface area contributed by atoms with Gasteiger partial charge in [-0.3, -0.25) is 14.3 Å². The van der Waals surface area contributed by atoms with Crippen LogP contribution in [0.3, 0.4) is 0 Å². The number of rotatable bonds is 9. The highest BCUT2D eigenvalue weighted by Gasteiger charge is 2.18. The molecule has 34 heavy (non-hydrogen) atoms. The third-order valence-corrected chi connectivity index (χ3v) is 7.10. The Morgan fingerprint density at radius 3 is 2.47 bits per heavy atom. The average Bonchev–Trinajstić information content (AvgIpc) is 2.86. The van der Waals surface area contributed by atoms with Crippen LogP contribution < -0.4 is 15.2 Å². The molecule has 0 spiro atoms. The summed E-state index contributed by atoms with van der Waals surface area (Å²) in [5, 5.41) is 1.51. The van der Waals surface area contributed by atoms with Crippen LogP contribution in [0, 0.1) is 0 Å². The molecule has 0 N–H and O–H groups in total. The summed E-state index contributed by atoms with van der Waals surface area (Å²) >= 11 is 1.64. The van der Waals surface area contributed by atoms with Crippen molar-refractivity contribution in [2.24, 2.45) is 0 Å². The Hall–Kier alpha value is -2.77. The third kappa shape index (κ3) is 6.02. The molecule has 3 aromatic rings. The minimum Gasteiger partial charge on any atom is -0.497 e. The molecule has 1 fully saturated rings. The van der Waals surface area contributed by atoms with E-state index in [9.17, 15) is 4.79 Å². The van der Waals surface area contributed by atoms with Gasteiger partial charge in [-0.1, -0.05) is 35.5 Å². The van der Waals surface area contributed by atoms with Gasteiger partial charge in [0, 0.05) is 44.2 Å². The number of aromatic nitrogens is 2. The van der Waals surface area contributed by atoms with Crippen LogP contribution in [-0.2, 0) is 6.54 Å². The molecule has 1 aliphatic heterocycles. The normalized spacial score (nSPS) is 14.4. The number of fused-ring (bicyclic) bond motifs is 1. The van der Waals surface area contributed by atoms with E-state index in [4.69, 9.17) is 9.72 Å². The lowest BCUT2D eigenvalue weighted by Crippen LogP contribution is -2.46. The number of allylic oxidation sites excluding steroid dienone is 1. The smallest absolute Gasteiger partial charge is 0.262 e. The largest absolute Gasteiger partial charge is 0.497 e. The molecule has 0 aliphatic carbocycles. The number of thioether (sulfide) groups is 1. The third-order valence-electron chi connectivity index (χ3n) is 6.20. The molecule has 1 aliphatic rings. The van der Waals surface area contributed by atoms with Gasteiger partial charge in [-0.25, -0.2) is 4.98 Å². The summed E-state index contributed by atoms with van der Waals surface area (Å²) in [5.41, 5.74) is 3.36. The zero-order valence-electron chi connectivity index (χ0n) is 20.4. The van der Waals surface area contributed by atoms with Gasteiger partial charge in [-0.2, -0.15) is 0 Å². The molecule has 0 saturated carbocycles. The van der Waals surface area contributed by atoms with E-state index < -0.39 is 0 Å². The lowest BCUT2D eigenvalue weighted by atomic mass is 10.2. The van der Waals surface area contributed by atoms with Crippen LogP contribution in [0.25, 0.3) is 10.9 Å². The van der Waals surface area contributed by atoms with Gasteiger partial charge in [0.05, 0.1) is 18.0 Å². The first-order valence-corrected chi connectivity index (χ1v) is 12.9. The zero-order valence-corrected chi connectivity index (χ0v) is 21.2. The highest BCUT2D eigenvalue weighted by molar-refractivity contribution is 7.99. The number of methoxy groups -OCH3 is 1. The number of piperazine rings is 1. The molecule has 1 saturated heterocycles. The second kappa shape index (κ2) is 11.6. The van der Waals surface area contributed by atoms with Gasteiger partial charge in [-0.05, 0) is 63.2 Å². The Bertz CT molecular complexity index is 1180. The Balaban J connectivity index is 1.37. The van der Waals surface area contributed by atoms with E-state index >= 15 is 0 Å².